The van der Waals surface area contributed by atoms with Gasteiger partial charge in [0.05, 0.1) is 28.2 Å². The Kier molecular flexibility index (Phi) is 9.19. The maximum Gasteiger partial charge on any atom is 0.461 e. The first-order valence-electron chi connectivity index (χ1n) is 12.0. The van der Waals surface area contributed by atoms with Crippen LogP contribution in [0.15, 0.2) is 41.6 Å². The van der Waals surface area contributed by atoms with Crippen LogP contribution in [-0.2, 0) is 18.6 Å². The third-order valence-electron chi connectivity index (χ3n) is 5.83. The highest BCUT2D eigenvalue weighted by Crippen LogP contribution is 2.43. The van der Waals surface area contributed by atoms with Gasteiger partial charge in [-0.1, -0.05) is 35.0 Å². The lowest BCUT2D eigenvalue weighted by Gasteiger charge is -2.24. The molecule has 0 saturated heterocycles. The fourth-order valence-corrected chi connectivity index (χ4v) is 4.02. The third-order valence-corrected chi connectivity index (χ3v) is 6.15. The molecule has 0 radical (unpaired) electrons. The van der Waals surface area contributed by atoms with E-state index in [9.17, 15) is 49.6 Å². The molecule has 2 amide bonds. The van der Waals surface area contributed by atoms with Crippen LogP contribution in [0.5, 0.6) is 0 Å². The molecule has 0 aliphatic rings. The van der Waals surface area contributed by atoms with Crippen molar-refractivity contribution in [1.29, 1.82) is 0 Å². The lowest BCUT2D eigenvalue weighted by molar-refractivity contribution is -0.292. The molecule has 9 nitrogen and oxygen atoms in total. The normalized spacial score (nSPS) is 12.7. The maximum atomic E-state index is 13.7. The summed E-state index contributed by atoms with van der Waals surface area (Å²) in [6, 6.07) is 7.69. The smallest absolute Gasteiger partial charge is 0.345 e. The molecular weight excluding hydrogens is 620 g/mol. The minimum atomic E-state index is -6.23. The van der Waals surface area contributed by atoms with Crippen molar-refractivity contribution in [2.75, 3.05) is 11.9 Å². The topological polar surface area (TPSA) is 118 Å². The highest BCUT2D eigenvalue weighted by molar-refractivity contribution is 6.35. The van der Waals surface area contributed by atoms with Crippen molar-refractivity contribution in [3.63, 3.8) is 0 Å². The van der Waals surface area contributed by atoms with Crippen LogP contribution >= 0.6 is 11.6 Å². The van der Waals surface area contributed by atoms with Crippen molar-refractivity contribution in [1.82, 2.24) is 20.1 Å². The number of anilines is 1. The molecule has 1 heterocycles. The fourth-order valence-electron chi connectivity index (χ4n) is 3.76. The number of carbonyl (C=O) groups is 2. The molecule has 43 heavy (non-hydrogen) atoms. The number of aryl methyl sites for hydroxylation is 1. The zero-order chi connectivity index (χ0) is 32.5. The van der Waals surface area contributed by atoms with E-state index in [0.717, 1.165) is 0 Å². The Hall–Kier alpha value is -4.15. The third kappa shape index (κ3) is 7.44. The SMILES string of the molecule is Cc1cc(Cn2nc(C(F)(F)C(F)(F)F)nc2C(F)(F)F)ccc1NC(=O)c1cccc(Cl)c1C(=O)NC(C)(C)CN=O. The quantitative estimate of drug-likeness (QED) is 0.205. The Morgan fingerprint density at radius 1 is 1.00 bits per heavy atom. The predicted octanol–water partition coefficient (Wildman–Crippen LogP) is 6.49. The average molecular weight is 641 g/mol. The van der Waals surface area contributed by atoms with Crippen LogP contribution in [0.4, 0.5) is 40.8 Å². The van der Waals surface area contributed by atoms with Gasteiger partial charge in [-0.25, -0.2) is 9.67 Å². The number of benzene rings is 2. The van der Waals surface area contributed by atoms with Gasteiger partial charge in [-0.15, -0.1) is 5.10 Å². The number of nitrogens with zero attached hydrogens (tertiary/aromatic N) is 4. The molecule has 0 unspecified atom stereocenters. The summed E-state index contributed by atoms with van der Waals surface area (Å²) in [6.07, 6.45) is -11.6. The number of halogens is 9. The minimum absolute atomic E-state index is 0.0124. The number of aromatic nitrogens is 3. The lowest BCUT2D eigenvalue weighted by Crippen LogP contribution is -2.46. The van der Waals surface area contributed by atoms with E-state index in [1.54, 1.807) is 0 Å². The van der Waals surface area contributed by atoms with Crippen LogP contribution < -0.4 is 10.6 Å². The molecular formula is C25H21ClF8N6O3. The van der Waals surface area contributed by atoms with Crippen LogP contribution in [0.1, 0.15) is 57.3 Å². The summed E-state index contributed by atoms with van der Waals surface area (Å²) in [6.45, 7) is 3.30. The van der Waals surface area contributed by atoms with E-state index in [-0.39, 0.29) is 44.2 Å². The second-order valence-electron chi connectivity index (χ2n) is 9.88. The minimum Gasteiger partial charge on any atom is -0.345 e. The zero-order valence-electron chi connectivity index (χ0n) is 22.3. The standard InChI is InChI=1S/C25H21ClF8N6O3/c1-12-9-13(10-40-21(24(29,30)31)37-20(39-40)23(27,28)25(32,33)34)7-8-16(12)36-18(41)14-5-4-6-15(26)17(14)19(42)38-22(2,3)11-35-43/h4-9H,10-11H2,1-3H3,(H,36,41)(H,38,42). The molecule has 18 heteroatoms. The van der Waals surface area contributed by atoms with E-state index in [2.05, 4.69) is 25.9 Å². The van der Waals surface area contributed by atoms with Gasteiger partial charge >= 0.3 is 18.3 Å². The van der Waals surface area contributed by atoms with E-state index >= 15 is 0 Å². The van der Waals surface area contributed by atoms with Crippen LogP contribution in [0.3, 0.4) is 0 Å². The van der Waals surface area contributed by atoms with Crippen molar-refractivity contribution >= 4 is 29.1 Å². The van der Waals surface area contributed by atoms with Gasteiger partial charge in [0.15, 0.2) is 0 Å². The van der Waals surface area contributed by atoms with Gasteiger partial charge in [-0.05, 0) is 50.1 Å². The van der Waals surface area contributed by atoms with Crippen LogP contribution in [-0.4, -0.2) is 44.8 Å². The van der Waals surface area contributed by atoms with Gasteiger partial charge in [0.25, 0.3) is 11.8 Å². The molecule has 3 rings (SSSR count). The summed E-state index contributed by atoms with van der Waals surface area (Å²) in [4.78, 5) is 39.1. The largest absolute Gasteiger partial charge is 0.461 e. The summed E-state index contributed by atoms with van der Waals surface area (Å²) in [7, 11) is 0. The summed E-state index contributed by atoms with van der Waals surface area (Å²) in [5.41, 5.74) is -1.11. The molecule has 0 saturated carbocycles. The van der Waals surface area contributed by atoms with Crippen molar-refractivity contribution in [2.45, 2.75) is 51.1 Å². The number of rotatable bonds is 9. The molecule has 0 aliphatic carbocycles. The van der Waals surface area contributed by atoms with E-state index in [1.807, 2.05) is 0 Å². The van der Waals surface area contributed by atoms with E-state index in [4.69, 9.17) is 11.6 Å². The summed E-state index contributed by atoms with van der Waals surface area (Å²) in [5.74, 6) is -11.8. The fraction of sp³-hybridized carbons (Fsp3) is 0.360. The first kappa shape index (κ1) is 33.4. The second kappa shape index (κ2) is 11.9. The van der Waals surface area contributed by atoms with Gasteiger partial charge in [-0.2, -0.15) is 40.0 Å². The Bertz CT molecular complexity index is 1550. The van der Waals surface area contributed by atoms with Crippen molar-refractivity contribution < 1.29 is 44.7 Å². The average Bonchev–Trinajstić information content (AvgIpc) is 3.29. The highest BCUT2D eigenvalue weighted by Gasteiger charge is 2.62. The summed E-state index contributed by atoms with van der Waals surface area (Å²) < 4.78 is 105. The van der Waals surface area contributed by atoms with E-state index in [1.165, 1.54) is 57.2 Å². The monoisotopic (exact) mass is 640 g/mol. The number of hydrogen-bond acceptors (Lipinski definition) is 6. The molecule has 1 aromatic heterocycles. The molecule has 0 bridgehead atoms. The Balaban J connectivity index is 1.89. The molecule has 232 valence electrons. The van der Waals surface area contributed by atoms with Crippen molar-refractivity contribution in [3.8, 4) is 0 Å². The first-order chi connectivity index (χ1) is 19.7. The van der Waals surface area contributed by atoms with Crippen molar-refractivity contribution in [2.24, 2.45) is 5.18 Å². The van der Waals surface area contributed by atoms with Gasteiger partial charge in [0.1, 0.15) is 6.54 Å². The Morgan fingerprint density at radius 3 is 2.21 bits per heavy atom. The van der Waals surface area contributed by atoms with E-state index < -0.39 is 53.8 Å². The summed E-state index contributed by atoms with van der Waals surface area (Å²) >= 11 is 6.18. The van der Waals surface area contributed by atoms with Crippen LogP contribution in [0, 0.1) is 11.8 Å². The number of carbonyl (C=O) groups excluding carboxylic acids is 2. The molecule has 2 aromatic carbocycles. The van der Waals surface area contributed by atoms with Gasteiger partial charge in [0.2, 0.25) is 11.6 Å². The number of nitrogens with one attached hydrogen (secondary N) is 2. The number of amides is 2. The molecule has 0 atom stereocenters. The highest BCUT2D eigenvalue weighted by atomic mass is 35.5. The summed E-state index contributed by atoms with van der Waals surface area (Å²) in [5, 5.41) is 10.5. The molecule has 0 spiro atoms. The van der Waals surface area contributed by atoms with Crippen molar-refractivity contribution in [3.05, 3.63) is 80.2 Å². The molecule has 0 aliphatic heterocycles. The zero-order valence-corrected chi connectivity index (χ0v) is 23.0. The maximum absolute atomic E-state index is 13.7. The number of alkyl halides is 8. The molecule has 3 aromatic rings. The van der Waals surface area contributed by atoms with Crippen LogP contribution in [0.2, 0.25) is 5.02 Å². The van der Waals surface area contributed by atoms with Crippen LogP contribution in [0.25, 0.3) is 0 Å². The van der Waals surface area contributed by atoms with Gasteiger partial charge in [0, 0.05) is 5.69 Å². The molecule has 0 fully saturated rings. The molecule has 2 N–H and O–H groups in total. The number of hydrogen-bond donors (Lipinski definition) is 2. The van der Waals surface area contributed by atoms with E-state index in [0.29, 0.717) is 0 Å². The predicted molar refractivity (Wildman–Crippen MR) is 137 cm³/mol. The van der Waals surface area contributed by atoms with Gasteiger partial charge in [-0.3, -0.25) is 9.59 Å². The number of nitroso groups, excluding NO2 is 1. The lowest BCUT2D eigenvalue weighted by atomic mass is 10.0. The Morgan fingerprint density at radius 2 is 1.65 bits per heavy atom. The first-order valence-corrected chi connectivity index (χ1v) is 12.3. The van der Waals surface area contributed by atoms with Gasteiger partial charge < -0.3 is 10.6 Å². The Labute approximate surface area is 242 Å². The second-order valence-corrected chi connectivity index (χ2v) is 10.3.